The van der Waals surface area contributed by atoms with Gasteiger partial charge >= 0.3 is 0 Å². The van der Waals surface area contributed by atoms with Gasteiger partial charge in [0.05, 0.1) is 4.88 Å². The summed E-state index contributed by atoms with van der Waals surface area (Å²) in [6.07, 6.45) is 2.82. The van der Waals surface area contributed by atoms with Crippen LogP contribution in [0.2, 0.25) is 0 Å². The first-order chi connectivity index (χ1) is 5.81. The molecule has 1 fully saturated rings. The predicted octanol–water partition coefficient (Wildman–Crippen LogP) is 2.15. The van der Waals surface area contributed by atoms with Crippen molar-refractivity contribution in [2.75, 3.05) is 0 Å². The van der Waals surface area contributed by atoms with E-state index in [1.807, 2.05) is 0 Å². The van der Waals surface area contributed by atoms with Crippen LogP contribution in [-0.2, 0) is 0 Å². The van der Waals surface area contributed by atoms with Gasteiger partial charge in [-0.1, -0.05) is 0 Å². The lowest BCUT2D eigenvalue weighted by molar-refractivity contribution is 0.0968. The minimum atomic E-state index is 0.208. The van der Waals surface area contributed by atoms with Gasteiger partial charge in [0.2, 0.25) is 0 Å². The Morgan fingerprint density at radius 1 is 1.58 bits per heavy atom. The maximum atomic E-state index is 11.4. The van der Waals surface area contributed by atoms with E-state index in [1.54, 1.807) is 11.4 Å². The molecule has 62 valence electrons. The summed E-state index contributed by atoms with van der Waals surface area (Å²) < 4.78 is 0. The summed E-state index contributed by atoms with van der Waals surface area (Å²) in [5.41, 5.74) is 0.713. The van der Waals surface area contributed by atoms with Crippen LogP contribution in [0.15, 0.2) is 11.4 Å². The summed E-state index contributed by atoms with van der Waals surface area (Å²) in [4.78, 5) is 22.4. The molecule has 1 aliphatic rings. The molecule has 0 aromatic carbocycles. The summed E-state index contributed by atoms with van der Waals surface area (Å²) in [7, 11) is 0. The molecule has 3 heteroatoms. The zero-order valence-electron chi connectivity index (χ0n) is 6.45. The van der Waals surface area contributed by atoms with Crippen molar-refractivity contribution in [1.82, 2.24) is 0 Å². The zero-order chi connectivity index (χ0) is 8.55. The zero-order valence-corrected chi connectivity index (χ0v) is 7.26. The second-order valence-corrected chi connectivity index (χ2v) is 3.94. The highest BCUT2D eigenvalue weighted by Gasteiger charge is 2.30. The second kappa shape index (κ2) is 2.83. The van der Waals surface area contributed by atoms with E-state index in [0.29, 0.717) is 10.4 Å². The topological polar surface area (TPSA) is 34.1 Å². The van der Waals surface area contributed by atoms with Gasteiger partial charge < -0.3 is 0 Å². The summed E-state index contributed by atoms with van der Waals surface area (Å²) in [6, 6.07) is 1.68. The smallest absolute Gasteiger partial charge is 0.166 e. The third-order valence-electron chi connectivity index (χ3n) is 1.97. The van der Waals surface area contributed by atoms with E-state index in [1.165, 1.54) is 11.3 Å². The molecule has 1 aromatic heterocycles. The van der Waals surface area contributed by atoms with Crippen LogP contribution >= 0.6 is 11.3 Å². The third kappa shape index (κ3) is 1.32. The van der Waals surface area contributed by atoms with Crippen molar-refractivity contribution in [3.63, 3.8) is 0 Å². The summed E-state index contributed by atoms with van der Waals surface area (Å²) >= 11 is 1.33. The average molecular weight is 180 g/mol. The van der Waals surface area contributed by atoms with Crippen molar-refractivity contribution in [1.29, 1.82) is 0 Å². The summed E-state index contributed by atoms with van der Waals surface area (Å²) in [5, 5.41) is 1.77. The van der Waals surface area contributed by atoms with Gasteiger partial charge in [-0.2, -0.15) is 0 Å². The molecule has 0 amide bonds. The van der Waals surface area contributed by atoms with Gasteiger partial charge in [-0.15, -0.1) is 11.3 Å². The van der Waals surface area contributed by atoms with Gasteiger partial charge in [-0.25, -0.2) is 0 Å². The highest BCUT2D eigenvalue weighted by Crippen LogP contribution is 2.33. The molecule has 0 atom stereocenters. The van der Waals surface area contributed by atoms with E-state index < -0.39 is 0 Å². The minimum absolute atomic E-state index is 0.208. The number of carbonyl (C=O) groups excluding carboxylic acids is 2. The highest BCUT2D eigenvalue weighted by atomic mass is 32.1. The number of carbonyl (C=O) groups is 2. The van der Waals surface area contributed by atoms with Crippen LogP contribution in [0.25, 0.3) is 0 Å². The molecular formula is C9H8O2S. The first-order valence-electron chi connectivity index (χ1n) is 3.89. The lowest BCUT2D eigenvalue weighted by Gasteiger charge is -1.89. The van der Waals surface area contributed by atoms with E-state index in [0.717, 1.165) is 19.1 Å². The lowest BCUT2D eigenvalue weighted by Crippen LogP contribution is -1.98. The fourth-order valence-corrected chi connectivity index (χ4v) is 1.82. The molecule has 0 bridgehead atoms. The third-order valence-corrected chi connectivity index (χ3v) is 2.83. The van der Waals surface area contributed by atoms with Crippen molar-refractivity contribution >= 4 is 23.4 Å². The van der Waals surface area contributed by atoms with Crippen molar-refractivity contribution < 1.29 is 9.59 Å². The Labute approximate surface area is 74.2 Å². The molecule has 0 aliphatic heterocycles. The van der Waals surface area contributed by atoms with Crippen LogP contribution in [0.4, 0.5) is 0 Å². The van der Waals surface area contributed by atoms with E-state index in [-0.39, 0.29) is 11.7 Å². The first-order valence-corrected chi connectivity index (χ1v) is 4.77. The average Bonchev–Trinajstić information content (AvgIpc) is 2.82. The maximum absolute atomic E-state index is 11.4. The Balaban J connectivity index is 2.21. The SMILES string of the molecule is O=Cc1cc(C(=O)C2CC2)cs1. The van der Waals surface area contributed by atoms with Crippen LogP contribution in [0.1, 0.15) is 32.9 Å². The number of ketones is 1. The number of rotatable bonds is 3. The van der Waals surface area contributed by atoms with Gasteiger partial charge in [0.1, 0.15) is 0 Å². The normalized spacial score (nSPS) is 16.0. The van der Waals surface area contributed by atoms with E-state index >= 15 is 0 Å². The Kier molecular flexibility index (Phi) is 1.81. The number of aldehydes is 1. The van der Waals surface area contributed by atoms with Gasteiger partial charge in [0.25, 0.3) is 0 Å². The largest absolute Gasteiger partial charge is 0.297 e. The van der Waals surface area contributed by atoms with Crippen LogP contribution in [0.5, 0.6) is 0 Å². The van der Waals surface area contributed by atoms with Crippen molar-refractivity contribution in [2.24, 2.45) is 5.92 Å². The molecule has 0 spiro atoms. The molecule has 2 rings (SSSR count). The van der Waals surface area contributed by atoms with Gasteiger partial charge in [-0.3, -0.25) is 9.59 Å². The monoisotopic (exact) mass is 180 g/mol. The first kappa shape index (κ1) is 7.68. The second-order valence-electron chi connectivity index (χ2n) is 2.99. The van der Waals surface area contributed by atoms with Crippen LogP contribution in [-0.4, -0.2) is 12.1 Å². The van der Waals surface area contributed by atoms with Crippen molar-refractivity contribution in [2.45, 2.75) is 12.8 Å². The summed E-state index contributed by atoms with van der Waals surface area (Å²) in [6.45, 7) is 0. The molecule has 1 heterocycles. The molecule has 0 N–H and O–H groups in total. The van der Waals surface area contributed by atoms with Crippen LogP contribution in [0.3, 0.4) is 0 Å². The molecule has 1 aromatic rings. The molecule has 12 heavy (non-hydrogen) atoms. The fraction of sp³-hybridized carbons (Fsp3) is 0.333. The molecule has 2 nitrogen and oxygen atoms in total. The molecule has 0 unspecified atom stereocenters. The Hall–Kier alpha value is -0.960. The van der Waals surface area contributed by atoms with E-state index in [2.05, 4.69) is 0 Å². The van der Waals surface area contributed by atoms with Gasteiger partial charge in [-0.05, 0) is 18.9 Å². The number of hydrogen-bond donors (Lipinski definition) is 0. The lowest BCUT2D eigenvalue weighted by atomic mass is 10.1. The van der Waals surface area contributed by atoms with Crippen molar-refractivity contribution in [3.8, 4) is 0 Å². The molecule has 1 aliphatic carbocycles. The quantitative estimate of drug-likeness (QED) is 0.527. The van der Waals surface area contributed by atoms with E-state index in [9.17, 15) is 9.59 Å². The van der Waals surface area contributed by atoms with Crippen molar-refractivity contribution in [3.05, 3.63) is 21.9 Å². The Morgan fingerprint density at radius 2 is 2.33 bits per heavy atom. The van der Waals surface area contributed by atoms with Gasteiger partial charge in [0, 0.05) is 16.9 Å². The molecular weight excluding hydrogens is 172 g/mol. The summed E-state index contributed by atoms with van der Waals surface area (Å²) in [5.74, 6) is 0.457. The Morgan fingerprint density at radius 3 is 2.83 bits per heavy atom. The van der Waals surface area contributed by atoms with E-state index in [4.69, 9.17) is 0 Å². The highest BCUT2D eigenvalue weighted by molar-refractivity contribution is 7.12. The Bertz CT molecular complexity index is 323. The standard InChI is InChI=1S/C9H8O2S/c10-4-8-3-7(5-12-8)9(11)6-1-2-6/h3-6H,1-2H2. The number of hydrogen-bond acceptors (Lipinski definition) is 3. The number of thiophene rings is 1. The fourth-order valence-electron chi connectivity index (χ4n) is 1.13. The molecule has 1 saturated carbocycles. The predicted molar refractivity (Wildman–Crippen MR) is 46.8 cm³/mol. The minimum Gasteiger partial charge on any atom is -0.297 e. The molecule has 0 radical (unpaired) electrons. The number of Topliss-reactive ketones (excluding diaryl/α,β-unsaturated/α-hetero) is 1. The van der Waals surface area contributed by atoms with Crippen LogP contribution < -0.4 is 0 Å². The van der Waals surface area contributed by atoms with Gasteiger partial charge in [0.15, 0.2) is 12.1 Å². The van der Waals surface area contributed by atoms with Crippen LogP contribution in [0, 0.1) is 5.92 Å². The molecule has 0 saturated heterocycles. The maximum Gasteiger partial charge on any atom is 0.166 e.